The fraction of sp³-hybridized carbons (Fsp3) is 0.211. The Morgan fingerprint density at radius 3 is 2.77 bits per heavy atom. The van der Waals surface area contributed by atoms with Crippen molar-refractivity contribution in [3.63, 3.8) is 0 Å². The maximum absolute atomic E-state index is 12.5. The molecule has 0 aromatic heterocycles. The Hall–Kier alpha value is -3.19. The van der Waals surface area contributed by atoms with E-state index >= 15 is 0 Å². The van der Waals surface area contributed by atoms with E-state index in [0.717, 1.165) is 47.5 Å². The van der Waals surface area contributed by atoms with E-state index in [2.05, 4.69) is 39.9 Å². The van der Waals surface area contributed by atoms with Crippen LogP contribution in [-0.4, -0.2) is 36.1 Å². The number of likely N-dealkylation sites (N-methyl/N-ethyl adjacent to an activating group) is 1. The molecule has 26 heavy (non-hydrogen) atoms. The first kappa shape index (κ1) is 16.3. The summed E-state index contributed by atoms with van der Waals surface area (Å²) in [6, 6.07) is 12.2. The van der Waals surface area contributed by atoms with Crippen molar-refractivity contribution in [1.82, 2.24) is 10.3 Å². The molecule has 2 aromatic rings. The second-order valence-corrected chi connectivity index (χ2v) is 6.60. The van der Waals surface area contributed by atoms with Crippen LogP contribution in [0.5, 0.6) is 0 Å². The van der Waals surface area contributed by atoms with Gasteiger partial charge in [0.15, 0.2) is 5.71 Å². The molecule has 0 unspecified atom stereocenters. The topological polar surface area (TPSA) is 107 Å². The van der Waals surface area contributed by atoms with E-state index in [-0.39, 0.29) is 17.6 Å². The summed E-state index contributed by atoms with van der Waals surface area (Å²) in [5.74, 6) is -0.589. The van der Waals surface area contributed by atoms with Gasteiger partial charge < -0.3 is 16.0 Å². The third kappa shape index (κ3) is 2.72. The zero-order valence-corrected chi connectivity index (χ0v) is 14.5. The summed E-state index contributed by atoms with van der Waals surface area (Å²) in [4.78, 5) is 14.7. The van der Waals surface area contributed by atoms with Gasteiger partial charge in [0.1, 0.15) is 0 Å². The van der Waals surface area contributed by atoms with E-state index in [9.17, 15) is 4.79 Å². The quantitative estimate of drug-likeness (QED) is 0.375. The van der Waals surface area contributed by atoms with E-state index in [1.807, 2.05) is 24.3 Å². The number of nitrogens with zero attached hydrogens (tertiary/aromatic N) is 2. The average molecular weight is 348 g/mol. The van der Waals surface area contributed by atoms with Crippen molar-refractivity contribution in [3.05, 3.63) is 53.1 Å². The van der Waals surface area contributed by atoms with Crippen molar-refractivity contribution in [2.75, 3.05) is 18.9 Å². The number of nitrogens with one attached hydrogen (secondary N) is 3. The molecule has 7 nitrogen and oxygen atoms in total. The minimum atomic E-state index is -0.306. The first-order chi connectivity index (χ1) is 12.5. The monoisotopic (exact) mass is 348 g/mol. The number of fused-ring (bicyclic) bond motifs is 3. The lowest BCUT2D eigenvalue weighted by molar-refractivity contribution is -0.110. The molecule has 2 heterocycles. The van der Waals surface area contributed by atoms with Crippen LogP contribution in [-0.2, 0) is 17.8 Å². The van der Waals surface area contributed by atoms with Crippen molar-refractivity contribution >= 4 is 23.3 Å². The zero-order valence-electron chi connectivity index (χ0n) is 14.5. The fourth-order valence-electron chi connectivity index (χ4n) is 3.62. The van der Waals surface area contributed by atoms with Gasteiger partial charge in [-0.25, -0.2) is 5.43 Å². The Morgan fingerprint density at radius 1 is 1.27 bits per heavy atom. The molecule has 0 aliphatic carbocycles. The molecule has 2 aromatic carbocycles. The van der Waals surface area contributed by atoms with E-state index in [1.54, 1.807) is 0 Å². The number of guanidine groups is 1. The molecule has 2 aliphatic rings. The molecule has 0 fully saturated rings. The molecule has 0 bridgehead atoms. The number of hydrogen-bond acceptors (Lipinski definition) is 4. The predicted octanol–water partition coefficient (Wildman–Crippen LogP) is 1.48. The second-order valence-electron chi connectivity index (χ2n) is 6.60. The Balaban J connectivity index is 1.93. The summed E-state index contributed by atoms with van der Waals surface area (Å²) in [5.41, 5.74) is 14.2. The van der Waals surface area contributed by atoms with Gasteiger partial charge in [0.2, 0.25) is 5.96 Å². The molecule has 0 saturated carbocycles. The van der Waals surface area contributed by atoms with Crippen molar-refractivity contribution in [2.24, 2.45) is 10.8 Å². The Bertz CT molecular complexity index is 935. The van der Waals surface area contributed by atoms with Gasteiger partial charge in [-0.2, -0.15) is 5.10 Å². The first-order valence-corrected chi connectivity index (χ1v) is 8.46. The largest absolute Gasteiger partial charge is 0.369 e. The number of nitrogens with two attached hydrogens (primary N) is 1. The minimum Gasteiger partial charge on any atom is -0.369 e. The summed E-state index contributed by atoms with van der Waals surface area (Å²) < 4.78 is 0. The summed E-state index contributed by atoms with van der Waals surface area (Å²) in [6.45, 7) is 1.75. The van der Waals surface area contributed by atoms with Gasteiger partial charge in [-0.1, -0.05) is 30.3 Å². The summed E-state index contributed by atoms with van der Waals surface area (Å²) in [6.07, 6.45) is 0.928. The number of anilines is 1. The molecule has 0 radical (unpaired) electrons. The molecule has 0 spiro atoms. The number of hydrazone groups is 1. The highest BCUT2D eigenvalue weighted by Gasteiger charge is 2.33. The Morgan fingerprint density at radius 2 is 2.04 bits per heavy atom. The Labute approximate surface area is 151 Å². The molecule has 0 saturated heterocycles. The summed E-state index contributed by atoms with van der Waals surface area (Å²) in [7, 11) is 2.08. The van der Waals surface area contributed by atoms with Crippen LogP contribution >= 0.6 is 0 Å². The van der Waals surface area contributed by atoms with Gasteiger partial charge >= 0.3 is 0 Å². The third-order valence-corrected chi connectivity index (χ3v) is 4.80. The van der Waals surface area contributed by atoms with Crippen LogP contribution < -0.4 is 16.5 Å². The maximum Gasteiger partial charge on any atom is 0.276 e. The number of benzene rings is 2. The number of hydrogen-bond donors (Lipinski definition) is 4. The van der Waals surface area contributed by atoms with Gasteiger partial charge in [0.25, 0.3) is 5.91 Å². The molecule has 0 atom stereocenters. The number of amides is 1. The van der Waals surface area contributed by atoms with Crippen molar-refractivity contribution < 1.29 is 4.79 Å². The highest BCUT2D eigenvalue weighted by molar-refractivity contribution is 6.54. The van der Waals surface area contributed by atoms with Crippen LogP contribution in [0.25, 0.3) is 11.1 Å². The van der Waals surface area contributed by atoms with Crippen LogP contribution in [0.1, 0.15) is 16.7 Å². The lowest BCUT2D eigenvalue weighted by Crippen LogP contribution is -2.28. The molecular formula is C19H20N6O. The van der Waals surface area contributed by atoms with Crippen molar-refractivity contribution in [1.29, 1.82) is 5.41 Å². The minimum absolute atomic E-state index is 0.253. The van der Waals surface area contributed by atoms with Gasteiger partial charge in [-0.05, 0) is 41.8 Å². The highest BCUT2D eigenvalue weighted by Crippen LogP contribution is 2.39. The smallest absolute Gasteiger partial charge is 0.276 e. The molecule has 132 valence electrons. The standard InChI is InChI=1S/C19H20N6O/c1-25-8-7-12-13(11-5-3-2-4-6-11)9-14-16(15(12)10-25)22-18(26)17(14)23-24-19(20)21/h2-6,9H,7-8,10H2,1H3,(H4,20,21,24)(H,22,23,26). The zero-order chi connectivity index (χ0) is 18.3. The first-order valence-electron chi connectivity index (χ1n) is 8.46. The summed E-state index contributed by atoms with van der Waals surface area (Å²) >= 11 is 0. The number of carbonyl (C=O) groups is 1. The SMILES string of the molecule is CN1CCc2c(-c3ccccc3)cc3c(c2C1)NC(=O)/C3=N/NC(=N)N. The number of carbonyl (C=O) groups excluding carboxylic acids is 1. The maximum atomic E-state index is 12.5. The lowest BCUT2D eigenvalue weighted by Gasteiger charge is -2.29. The van der Waals surface area contributed by atoms with Crippen molar-refractivity contribution in [3.8, 4) is 11.1 Å². The molecular weight excluding hydrogens is 328 g/mol. The van der Waals surface area contributed by atoms with Crippen LogP contribution in [0.4, 0.5) is 5.69 Å². The van der Waals surface area contributed by atoms with Crippen LogP contribution in [0, 0.1) is 5.41 Å². The Kier molecular flexibility index (Phi) is 3.93. The van der Waals surface area contributed by atoms with Crippen molar-refractivity contribution in [2.45, 2.75) is 13.0 Å². The van der Waals surface area contributed by atoms with Crippen LogP contribution in [0.15, 0.2) is 41.5 Å². The molecule has 2 aliphatic heterocycles. The van der Waals surface area contributed by atoms with Gasteiger partial charge in [0, 0.05) is 18.7 Å². The molecule has 1 amide bonds. The van der Waals surface area contributed by atoms with E-state index < -0.39 is 0 Å². The fourth-order valence-corrected chi connectivity index (χ4v) is 3.62. The van der Waals surface area contributed by atoms with Gasteiger partial charge in [0.05, 0.1) is 5.69 Å². The summed E-state index contributed by atoms with van der Waals surface area (Å²) in [5, 5.41) is 14.3. The second kappa shape index (κ2) is 6.27. The van der Waals surface area contributed by atoms with Crippen LogP contribution in [0.3, 0.4) is 0 Å². The van der Waals surface area contributed by atoms with E-state index in [1.165, 1.54) is 5.56 Å². The molecule has 5 N–H and O–H groups in total. The highest BCUT2D eigenvalue weighted by atomic mass is 16.2. The molecule has 7 heteroatoms. The normalized spacial score (nSPS) is 17.6. The van der Waals surface area contributed by atoms with E-state index in [0.29, 0.717) is 0 Å². The predicted molar refractivity (Wildman–Crippen MR) is 102 cm³/mol. The van der Waals surface area contributed by atoms with Gasteiger partial charge in [-0.15, -0.1) is 0 Å². The average Bonchev–Trinajstić information content (AvgIpc) is 2.95. The third-order valence-electron chi connectivity index (χ3n) is 4.80. The van der Waals surface area contributed by atoms with E-state index in [4.69, 9.17) is 11.1 Å². The lowest BCUT2D eigenvalue weighted by atomic mass is 9.87. The number of rotatable bonds is 2. The van der Waals surface area contributed by atoms with Crippen LogP contribution in [0.2, 0.25) is 0 Å². The van der Waals surface area contributed by atoms with Gasteiger partial charge in [-0.3, -0.25) is 10.2 Å². The molecule has 4 rings (SSSR count).